The lowest BCUT2D eigenvalue weighted by atomic mass is 9.49. The van der Waals surface area contributed by atoms with Gasteiger partial charge in [0.1, 0.15) is 6.04 Å². The van der Waals surface area contributed by atoms with E-state index in [4.69, 9.17) is 0 Å². The van der Waals surface area contributed by atoms with Gasteiger partial charge in [0.15, 0.2) is 0 Å². The standard InChI is InChI=1S/C16H27N3O2/c1-10(14(20)18-19(2)3)17-15(21)16-7-11-4-12(8-16)6-13(5-11)9-16/h10-13H,4-9H2,1-3H3,(H,17,21)(H,18,20)/t10-,11?,12?,13?,16?/m0/s1. The largest absolute Gasteiger partial charge is 0.344 e. The number of rotatable bonds is 4. The molecule has 0 spiro atoms. The summed E-state index contributed by atoms with van der Waals surface area (Å²) in [6.07, 6.45) is 7.07. The lowest BCUT2D eigenvalue weighted by Gasteiger charge is -2.55. The fraction of sp³-hybridized carbons (Fsp3) is 0.875. The van der Waals surface area contributed by atoms with Gasteiger partial charge in [-0.15, -0.1) is 0 Å². The van der Waals surface area contributed by atoms with Crippen molar-refractivity contribution in [2.45, 2.75) is 51.5 Å². The summed E-state index contributed by atoms with van der Waals surface area (Å²) >= 11 is 0. The Labute approximate surface area is 126 Å². The molecule has 1 atom stereocenters. The predicted octanol–water partition coefficient (Wildman–Crippen LogP) is 1.30. The molecular formula is C16H27N3O2. The van der Waals surface area contributed by atoms with Crippen molar-refractivity contribution in [3.05, 3.63) is 0 Å². The van der Waals surface area contributed by atoms with Gasteiger partial charge < -0.3 is 5.32 Å². The van der Waals surface area contributed by atoms with Gasteiger partial charge in [0.05, 0.1) is 0 Å². The van der Waals surface area contributed by atoms with Crippen LogP contribution >= 0.6 is 0 Å². The van der Waals surface area contributed by atoms with Crippen LogP contribution in [0.2, 0.25) is 0 Å². The van der Waals surface area contributed by atoms with Gasteiger partial charge in [-0.05, 0) is 63.2 Å². The van der Waals surface area contributed by atoms with E-state index in [1.54, 1.807) is 26.0 Å². The van der Waals surface area contributed by atoms with Crippen LogP contribution in [0.4, 0.5) is 0 Å². The van der Waals surface area contributed by atoms with E-state index in [9.17, 15) is 9.59 Å². The lowest BCUT2D eigenvalue weighted by Crippen LogP contribution is -2.57. The molecule has 4 fully saturated rings. The van der Waals surface area contributed by atoms with Gasteiger partial charge in [0.25, 0.3) is 5.91 Å². The molecule has 5 heteroatoms. The monoisotopic (exact) mass is 293 g/mol. The number of amides is 2. The summed E-state index contributed by atoms with van der Waals surface area (Å²) in [6.45, 7) is 1.76. The molecule has 118 valence electrons. The first-order valence-corrected chi connectivity index (χ1v) is 8.17. The summed E-state index contributed by atoms with van der Waals surface area (Å²) < 4.78 is 0. The Kier molecular flexibility index (Phi) is 3.72. The Morgan fingerprint density at radius 2 is 1.52 bits per heavy atom. The maximum absolute atomic E-state index is 12.8. The molecular weight excluding hydrogens is 266 g/mol. The molecule has 0 aliphatic heterocycles. The molecule has 0 aromatic heterocycles. The Morgan fingerprint density at radius 3 is 1.95 bits per heavy atom. The topological polar surface area (TPSA) is 61.4 Å². The van der Waals surface area contributed by atoms with Gasteiger partial charge >= 0.3 is 0 Å². The average Bonchev–Trinajstić information content (AvgIpc) is 2.35. The molecule has 4 aliphatic rings. The lowest BCUT2D eigenvalue weighted by molar-refractivity contribution is -0.148. The van der Waals surface area contributed by atoms with Gasteiger partial charge in [-0.1, -0.05) is 0 Å². The van der Waals surface area contributed by atoms with Crippen LogP contribution in [0.25, 0.3) is 0 Å². The highest BCUT2D eigenvalue weighted by atomic mass is 16.2. The minimum atomic E-state index is -0.479. The molecule has 0 unspecified atom stereocenters. The predicted molar refractivity (Wildman–Crippen MR) is 80.0 cm³/mol. The van der Waals surface area contributed by atoms with Crippen LogP contribution in [0, 0.1) is 23.2 Å². The fourth-order valence-electron chi connectivity index (χ4n) is 5.12. The molecule has 4 aliphatic carbocycles. The molecule has 0 heterocycles. The molecule has 2 N–H and O–H groups in total. The summed E-state index contributed by atoms with van der Waals surface area (Å²) in [6, 6.07) is -0.479. The summed E-state index contributed by atoms with van der Waals surface area (Å²) in [7, 11) is 3.54. The third-order valence-electron chi connectivity index (χ3n) is 5.59. The second-order valence-corrected chi connectivity index (χ2v) is 7.76. The van der Waals surface area contributed by atoms with Crippen LogP contribution in [0.3, 0.4) is 0 Å². The van der Waals surface area contributed by atoms with Gasteiger partial charge in [-0.2, -0.15) is 0 Å². The average molecular weight is 293 g/mol. The quantitative estimate of drug-likeness (QED) is 0.768. The van der Waals surface area contributed by atoms with Crippen molar-refractivity contribution in [3.63, 3.8) is 0 Å². The smallest absolute Gasteiger partial charge is 0.256 e. The van der Waals surface area contributed by atoms with Crippen molar-refractivity contribution in [3.8, 4) is 0 Å². The number of hydrogen-bond donors (Lipinski definition) is 2. The third-order valence-corrected chi connectivity index (χ3v) is 5.59. The third kappa shape index (κ3) is 2.80. The fourth-order valence-corrected chi connectivity index (χ4v) is 5.12. The van der Waals surface area contributed by atoms with Gasteiger partial charge in [0, 0.05) is 19.5 Å². The number of carbonyl (C=O) groups is 2. The van der Waals surface area contributed by atoms with Crippen molar-refractivity contribution in [1.29, 1.82) is 0 Å². The van der Waals surface area contributed by atoms with E-state index in [1.807, 2.05) is 0 Å². The Balaban J connectivity index is 1.64. The number of carbonyl (C=O) groups excluding carboxylic acids is 2. The second kappa shape index (κ2) is 5.27. The second-order valence-electron chi connectivity index (χ2n) is 7.76. The van der Waals surface area contributed by atoms with Crippen molar-refractivity contribution in [1.82, 2.24) is 15.8 Å². The normalized spacial score (nSPS) is 38.4. The molecule has 0 aromatic carbocycles. The van der Waals surface area contributed by atoms with E-state index in [1.165, 1.54) is 19.3 Å². The zero-order chi connectivity index (χ0) is 15.2. The number of nitrogens with zero attached hydrogens (tertiary/aromatic N) is 1. The van der Waals surface area contributed by atoms with Crippen molar-refractivity contribution in [2.75, 3.05) is 14.1 Å². The van der Waals surface area contributed by atoms with Crippen LogP contribution in [-0.4, -0.2) is 37.0 Å². The van der Waals surface area contributed by atoms with Gasteiger partial charge in [0.2, 0.25) is 5.91 Å². The molecule has 4 bridgehead atoms. The Hall–Kier alpha value is -1.10. The Bertz CT molecular complexity index is 412. The number of nitrogens with one attached hydrogen (secondary N) is 2. The first-order valence-electron chi connectivity index (χ1n) is 8.17. The van der Waals surface area contributed by atoms with Crippen molar-refractivity contribution >= 4 is 11.8 Å². The van der Waals surface area contributed by atoms with E-state index < -0.39 is 6.04 Å². The van der Waals surface area contributed by atoms with Crippen molar-refractivity contribution < 1.29 is 9.59 Å². The zero-order valence-electron chi connectivity index (χ0n) is 13.3. The summed E-state index contributed by atoms with van der Waals surface area (Å²) in [5, 5.41) is 4.57. The molecule has 0 aromatic rings. The highest BCUT2D eigenvalue weighted by Gasteiger charge is 2.54. The summed E-state index contributed by atoms with van der Waals surface area (Å²) in [4.78, 5) is 24.7. The number of hydrogen-bond acceptors (Lipinski definition) is 3. The minimum Gasteiger partial charge on any atom is -0.344 e. The van der Waals surface area contributed by atoms with E-state index in [0.717, 1.165) is 37.0 Å². The molecule has 0 saturated heterocycles. The zero-order valence-corrected chi connectivity index (χ0v) is 13.3. The van der Waals surface area contributed by atoms with E-state index in [2.05, 4.69) is 10.7 Å². The molecule has 4 rings (SSSR count). The van der Waals surface area contributed by atoms with Crippen LogP contribution in [-0.2, 0) is 9.59 Å². The molecule has 2 amide bonds. The van der Waals surface area contributed by atoms with Crippen molar-refractivity contribution in [2.24, 2.45) is 23.2 Å². The SMILES string of the molecule is C[C@H](NC(=O)C12CC3CC(CC(C3)C1)C2)C(=O)NN(C)C. The van der Waals surface area contributed by atoms with Crippen LogP contribution in [0.15, 0.2) is 0 Å². The van der Waals surface area contributed by atoms with Crippen LogP contribution in [0.5, 0.6) is 0 Å². The minimum absolute atomic E-state index is 0.114. The number of hydrazine groups is 1. The highest BCUT2D eigenvalue weighted by molar-refractivity contribution is 5.89. The molecule has 4 saturated carbocycles. The van der Waals surface area contributed by atoms with Crippen LogP contribution < -0.4 is 10.7 Å². The highest BCUT2D eigenvalue weighted by Crippen LogP contribution is 2.60. The first kappa shape index (κ1) is 14.8. The maximum Gasteiger partial charge on any atom is 0.256 e. The Morgan fingerprint density at radius 1 is 1.05 bits per heavy atom. The maximum atomic E-state index is 12.8. The van der Waals surface area contributed by atoms with E-state index >= 15 is 0 Å². The molecule has 21 heavy (non-hydrogen) atoms. The van der Waals surface area contributed by atoms with E-state index in [0.29, 0.717) is 0 Å². The summed E-state index contributed by atoms with van der Waals surface area (Å²) in [5.41, 5.74) is 2.52. The van der Waals surface area contributed by atoms with Gasteiger partial charge in [-0.3, -0.25) is 15.0 Å². The summed E-state index contributed by atoms with van der Waals surface area (Å²) in [5.74, 6) is 2.19. The molecule has 5 nitrogen and oxygen atoms in total. The van der Waals surface area contributed by atoms with Gasteiger partial charge in [-0.25, -0.2) is 5.01 Å². The molecule has 0 radical (unpaired) electrons. The van der Waals surface area contributed by atoms with Crippen LogP contribution in [0.1, 0.15) is 45.4 Å². The van der Waals surface area contributed by atoms with E-state index in [-0.39, 0.29) is 17.2 Å². The first-order chi connectivity index (χ1) is 9.88.